The monoisotopic (exact) mass is 449 g/mol. The van der Waals surface area contributed by atoms with Gasteiger partial charge in [0.2, 0.25) is 5.91 Å². The zero-order valence-corrected chi connectivity index (χ0v) is 19.8. The van der Waals surface area contributed by atoms with Crippen LogP contribution in [0.4, 0.5) is 0 Å². The lowest BCUT2D eigenvalue weighted by molar-refractivity contribution is -0.120. The highest BCUT2D eigenvalue weighted by molar-refractivity contribution is 8.00. The minimum absolute atomic E-state index is 0.0541. The molecule has 1 aliphatic carbocycles. The summed E-state index contributed by atoms with van der Waals surface area (Å²) < 4.78 is 2.02. The SMILES string of the molecule is CC(Sc1nnc(C(C)N(C)C)n1-c1ccc(Cl)cc1)C(=O)NCC1CCCCC1. The Balaban J connectivity index is 1.75. The number of nitrogens with zero attached hydrogens (tertiary/aromatic N) is 4. The number of rotatable bonds is 8. The molecule has 2 atom stereocenters. The van der Waals surface area contributed by atoms with E-state index in [0.717, 1.165) is 18.1 Å². The lowest BCUT2D eigenvalue weighted by Gasteiger charge is -2.23. The van der Waals surface area contributed by atoms with Crippen LogP contribution in [0.2, 0.25) is 5.02 Å². The number of carbonyl (C=O) groups excluding carboxylic acids is 1. The van der Waals surface area contributed by atoms with Gasteiger partial charge >= 0.3 is 0 Å². The van der Waals surface area contributed by atoms with Gasteiger partial charge in [0.15, 0.2) is 11.0 Å². The fourth-order valence-electron chi connectivity index (χ4n) is 3.68. The summed E-state index contributed by atoms with van der Waals surface area (Å²) in [5.74, 6) is 1.50. The van der Waals surface area contributed by atoms with Gasteiger partial charge in [-0.2, -0.15) is 0 Å². The van der Waals surface area contributed by atoms with Crippen LogP contribution in [-0.2, 0) is 4.79 Å². The second-order valence-electron chi connectivity index (χ2n) is 8.30. The number of thioether (sulfide) groups is 1. The summed E-state index contributed by atoms with van der Waals surface area (Å²) in [6.07, 6.45) is 6.32. The third-order valence-corrected chi connectivity index (χ3v) is 7.13. The van der Waals surface area contributed by atoms with Crippen LogP contribution in [0.1, 0.15) is 57.8 Å². The second kappa shape index (κ2) is 10.6. The maximum absolute atomic E-state index is 12.7. The molecule has 0 bridgehead atoms. The molecule has 1 aromatic carbocycles. The summed E-state index contributed by atoms with van der Waals surface area (Å²) in [4.78, 5) is 14.8. The van der Waals surface area contributed by atoms with E-state index in [2.05, 4.69) is 27.3 Å². The molecule has 2 unspecified atom stereocenters. The minimum atomic E-state index is -0.258. The van der Waals surface area contributed by atoms with Gasteiger partial charge in [0, 0.05) is 17.3 Å². The van der Waals surface area contributed by atoms with Crippen molar-refractivity contribution in [3.63, 3.8) is 0 Å². The van der Waals surface area contributed by atoms with Crippen molar-refractivity contribution in [3.05, 3.63) is 35.1 Å². The number of amides is 1. The Bertz CT molecular complexity index is 833. The summed E-state index contributed by atoms with van der Waals surface area (Å²) in [7, 11) is 4.03. The van der Waals surface area contributed by atoms with Crippen molar-refractivity contribution in [1.82, 2.24) is 25.0 Å². The molecule has 6 nitrogen and oxygen atoms in total. The van der Waals surface area contributed by atoms with E-state index in [1.54, 1.807) is 0 Å². The average Bonchev–Trinajstić information content (AvgIpc) is 3.15. The fourth-order valence-corrected chi connectivity index (χ4v) is 4.71. The van der Waals surface area contributed by atoms with Crippen LogP contribution < -0.4 is 5.32 Å². The van der Waals surface area contributed by atoms with Gasteiger partial charge in [0.1, 0.15) is 0 Å². The van der Waals surface area contributed by atoms with Crippen LogP contribution >= 0.6 is 23.4 Å². The molecular formula is C22H32ClN5OS. The Morgan fingerprint density at radius 2 is 1.87 bits per heavy atom. The average molecular weight is 450 g/mol. The molecular weight excluding hydrogens is 418 g/mol. The Kier molecular flexibility index (Phi) is 8.20. The molecule has 0 saturated heterocycles. The molecule has 164 valence electrons. The standard InChI is InChI=1S/C22H32ClN5OS/c1-15(27(3)4)20-25-26-22(28(20)19-12-10-18(23)11-13-19)30-16(2)21(29)24-14-17-8-6-5-7-9-17/h10-13,15-17H,5-9,14H2,1-4H3,(H,24,29). The quantitative estimate of drug-likeness (QED) is 0.590. The van der Waals surface area contributed by atoms with Crippen LogP contribution in [0.3, 0.4) is 0 Å². The number of hydrogen-bond donors (Lipinski definition) is 1. The molecule has 0 radical (unpaired) electrons. The highest BCUT2D eigenvalue weighted by Crippen LogP contribution is 2.30. The van der Waals surface area contributed by atoms with E-state index in [0.29, 0.717) is 16.1 Å². The molecule has 2 aromatic rings. The molecule has 1 amide bonds. The van der Waals surface area contributed by atoms with E-state index in [9.17, 15) is 4.79 Å². The van der Waals surface area contributed by atoms with Crippen molar-refractivity contribution < 1.29 is 4.79 Å². The smallest absolute Gasteiger partial charge is 0.233 e. The summed E-state index contributed by atoms with van der Waals surface area (Å²) in [6.45, 7) is 4.79. The van der Waals surface area contributed by atoms with Gasteiger partial charge in [-0.05, 0) is 71.0 Å². The molecule has 1 aliphatic rings. The van der Waals surface area contributed by atoms with Gasteiger partial charge < -0.3 is 5.32 Å². The molecule has 0 spiro atoms. The van der Waals surface area contributed by atoms with Gasteiger partial charge in [-0.3, -0.25) is 14.3 Å². The lowest BCUT2D eigenvalue weighted by atomic mass is 9.89. The maximum Gasteiger partial charge on any atom is 0.233 e. The Morgan fingerprint density at radius 1 is 1.20 bits per heavy atom. The Hall–Kier alpha value is -1.57. The first-order chi connectivity index (χ1) is 14.4. The Labute approximate surface area is 188 Å². The summed E-state index contributed by atoms with van der Waals surface area (Å²) in [5, 5.41) is 13.2. The highest BCUT2D eigenvalue weighted by Gasteiger charge is 2.25. The molecule has 1 aromatic heterocycles. The molecule has 8 heteroatoms. The van der Waals surface area contributed by atoms with Gasteiger partial charge in [-0.25, -0.2) is 0 Å². The topological polar surface area (TPSA) is 63.1 Å². The van der Waals surface area contributed by atoms with Crippen LogP contribution in [-0.4, -0.2) is 51.5 Å². The predicted molar refractivity (Wildman–Crippen MR) is 123 cm³/mol. The number of carbonyl (C=O) groups is 1. The van der Waals surface area contributed by atoms with Gasteiger partial charge in [0.05, 0.1) is 11.3 Å². The van der Waals surface area contributed by atoms with Gasteiger partial charge in [-0.15, -0.1) is 10.2 Å². The first-order valence-corrected chi connectivity index (χ1v) is 11.9. The van der Waals surface area contributed by atoms with E-state index in [4.69, 9.17) is 11.6 Å². The first-order valence-electron chi connectivity index (χ1n) is 10.7. The number of halogens is 1. The van der Waals surface area contributed by atoms with E-state index >= 15 is 0 Å². The number of nitrogens with one attached hydrogen (secondary N) is 1. The van der Waals surface area contributed by atoms with E-state index < -0.39 is 0 Å². The van der Waals surface area contributed by atoms with Crippen LogP contribution in [0.15, 0.2) is 29.4 Å². The van der Waals surface area contributed by atoms with Crippen LogP contribution in [0.25, 0.3) is 5.69 Å². The largest absolute Gasteiger partial charge is 0.355 e. The molecule has 1 heterocycles. The summed E-state index contributed by atoms with van der Waals surface area (Å²) in [5.41, 5.74) is 0.936. The van der Waals surface area contributed by atoms with Crippen molar-refractivity contribution >= 4 is 29.3 Å². The van der Waals surface area contributed by atoms with E-state index in [-0.39, 0.29) is 17.2 Å². The van der Waals surface area contributed by atoms with Crippen LogP contribution in [0.5, 0.6) is 0 Å². The first kappa shape index (κ1) is 23.1. The maximum atomic E-state index is 12.7. The highest BCUT2D eigenvalue weighted by atomic mass is 35.5. The van der Waals surface area contributed by atoms with Crippen LogP contribution in [0, 0.1) is 5.92 Å². The van der Waals surface area contributed by atoms with Gasteiger partial charge in [-0.1, -0.05) is 42.6 Å². The normalized spacial score (nSPS) is 17.1. The zero-order chi connectivity index (χ0) is 21.7. The third kappa shape index (κ3) is 5.77. The predicted octanol–water partition coefficient (Wildman–Crippen LogP) is 4.72. The number of hydrogen-bond acceptors (Lipinski definition) is 5. The molecule has 30 heavy (non-hydrogen) atoms. The molecule has 1 N–H and O–H groups in total. The van der Waals surface area contributed by atoms with Crippen molar-refractivity contribution in [2.45, 2.75) is 62.4 Å². The second-order valence-corrected chi connectivity index (χ2v) is 10.0. The molecule has 1 saturated carbocycles. The van der Waals surface area contributed by atoms with Crippen molar-refractivity contribution in [2.75, 3.05) is 20.6 Å². The summed E-state index contributed by atoms with van der Waals surface area (Å²) >= 11 is 7.52. The molecule has 0 aliphatic heterocycles. The molecule has 3 rings (SSSR count). The number of benzene rings is 1. The van der Waals surface area contributed by atoms with Crippen molar-refractivity contribution in [1.29, 1.82) is 0 Å². The third-order valence-electron chi connectivity index (χ3n) is 5.83. The summed E-state index contributed by atoms with van der Waals surface area (Å²) in [6, 6.07) is 7.69. The van der Waals surface area contributed by atoms with Gasteiger partial charge in [0.25, 0.3) is 0 Å². The molecule has 1 fully saturated rings. The van der Waals surface area contributed by atoms with Crippen molar-refractivity contribution in [2.24, 2.45) is 5.92 Å². The zero-order valence-electron chi connectivity index (χ0n) is 18.3. The minimum Gasteiger partial charge on any atom is -0.355 e. The number of aromatic nitrogens is 3. The van der Waals surface area contributed by atoms with E-state index in [1.807, 2.05) is 49.9 Å². The Morgan fingerprint density at radius 3 is 2.50 bits per heavy atom. The van der Waals surface area contributed by atoms with E-state index in [1.165, 1.54) is 43.9 Å². The fraction of sp³-hybridized carbons (Fsp3) is 0.591. The van der Waals surface area contributed by atoms with Crippen molar-refractivity contribution in [3.8, 4) is 5.69 Å². The lowest BCUT2D eigenvalue weighted by Crippen LogP contribution is -2.35.